The van der Waals surface area contributed by atoms with Crippen molar-refractivity contribution < 1.29 is 24.2 Å². The van der Waals surface area contributed by atoms with E-state index in [1.165, 1.54) is 6.07 Å². The van der Waals surface area contributed by atoms with Gasteiger partial charge in [0.25, 0.3) is 5.52 Å². The van der Waals surface area contributed by atoms with Gasteiger partial charge in [0.05, 0.1) is 11.2 Å². The van der Waals surface area contributed by atoms with Crippen molar-refractivity contribution >= 4 is 28.6 Å². The van der Waals surface area contributed by atoms with Crippen molar-refractivity contribution in [3.63, 3.8) is 0 Å². The number of hydrogen-bond donors (Lipinski definition) is 1. The number of ether oxygens (including phenoxy) is 2. The van der Waals surface area contributed by atoms with Gasteiger partial charge in [-0.2, -0.15) is 4.98 Å². The number of carbonyl (C=O) groups is 1. The summed E-state index contributed by atoms with van der Waals surface area (Å²) in [6, 6.07) is 11.3. The van der Waals surface area contributed by atoms with Gasteiger partial charge in [-0.25, -0.2) is 0 Å². The monoisotopic (exact) mass is 389 g/mol. The Morgan fingerprint density at radius 1 is 1.26 bits per heavy atom. The van der Waals surface area contributed by atoms with E-state index >= 15 is 0 Å². The van der Waals surface area contributed by atoms with Gasteiger partial charge in [0, 0.05) is 17.5 Å². The molecule has 1 aromatic heterocycles. The molecule has 2 aromatic carbocycles. The first-order valence-electron chi connectivity index (χ1n) is 8.14. The first-order valence-corrected chi connectivity index (χ1v) is 8.52. The second-order valence-electron chi connectivity index (χ2n) is 5.83. The molecule has 1 heterocycles. The minimum atomic E-state index is -0.859. The molecule has 0 bridgehead atoms. The molecule has 1 unspecified atom stereocenters. The Bertz CT molecular complexity index is 965. The summed E-state index contributed by atoms with van der Waals surface area (Å²) in [5.74, 6) is 0.143. The molecule has 3 rings (SSSR count). The minimum Gasteiger partial charge on any atom is -0.594 e. The van der Waals surface area contributed by atoms with Crippen molar-refractivity contribution in [2.75, 3.05) is 0 Å². The zero-order chi connectivity index (χ0) is 19.4. The van der Waals surface area contributed by atoms with Gasteiger partial charge < -0.3 is 19.8 Å². The summed E-state index contributed by atoms with van der Waals surface area (Å²) >= 11 is 5.87. The normalized spacial score (nSPS) is 11.9. The molecule has 0 aliphatic heterocycles. The smallest absolute Gasteiger partial charge is 0.386 e. The fourth-order valence-corrected chi connectivity index (χ4v) is 2.52. The van der Waals surface area contributed by atoms with E-state index in [1.807, 2.05) is 0 Å². The van der Waals surface area contributed by atoms with E-state index in [1.54, 1.807) is 43.3 Å². The molecule has 3 aromatic rings. The predicted molar refractivity (Wildman–Crippen MR) is 97.0 cm³/mol. The molecule has 0 amide bonds. The summed E-state index contributed by atoms with van der Waals surface area (Å²) in [7, 11) is 0. The zero-order valence-corrected chi connectivity index (χ0v) is 15.1. The molecule has 140 valence electrons. The topological polar surface area (TPSA) is 108 Å². The van der Waals surface area contributed by atoms with Crippen LogP contribution in [-0.4, -0.2) is 27.3 Å². The SMILES string of the molecule is CC(CCC(=O)O)Oc1ccc(Oc2nc3ccc(Cl)cc3[n+]([O-])n2)cc1. The Hall–Kier alpha value is -3.13. The number of fused-ring (bicyclic) bond motifs is 1. The van der Waals surface area contributed by atoms with Crippen molar-refractivity contribution in [2.24, 2.45) is 0 Å². The molecule has 0 spiro atoms. The number of halogens is 1. The third kappa shape index (κ3) is 4.95. The van der Waals surface area contributed by atoms with Crippen LogP contribution in [0.25, 0.3) is 11.0 Å². The molecule has 0 fully saturated rings. The first-order chi connectivity index (χ1) is 12.9. The van der Waals surface area contributed by atoms with Crippen molar-refractivity contribution in [3.05, 3.63) is 52.7 Å². The average molecular weight is 390 g/mol. The van der Waals surface area contributed by atoms with E-state index in [-0.39, 0.29) is 24.1 Å². The van der Waals surface area contributed by atoms with Crippen LogP contribution in [-0.2, 0) is 4.79 Å². The fraction of sp³-hybridized carbons (Fsp3) is 0.222. The molecule has 0 saturated heterocycles. The summed E-state index contributed by atoms with van der Waals surface area (Å²) in [6.45, 7) is 1.80. The number of carboxylic acids is 1. The quantitative estimate of drug-likeness (QED) is 0.487. The highest BCUT2D eigenvalue weighted by molar-refractivity contribution is 6.31. The first kappa shape index (κ1) is 18.7. The van der Waals surface area contributed by atoms with Crippen LogP contribution in [0, 0.1) is 5.21 Å². The number of aromatic nitrogens is 3. The average Bonchev–Trinajstić information content (AvgIpc) is 2.62. The molecule has 0 aliphatic rings. The molecule has 27 heavy (non-hydrogen) atoms. The third-order valence-corrected chi connectivity index (χ3v) is 3.91. The van der Waals surface area contributed by atoms with Crippen LogP contribution in [0.5, 0.6) is 17.5 Å². The highest BCUT2D eigenvalue weighted by Gasteiger charge is 2.13. The van der Waals surface area contributed by atoms with E-state index < -0.39 is 5.97 Å². The van der Waals surface area contributed by atoms with E-state index in [4.69, 9.17) is 26.2 Å². The maximum Gasteiger partial charge on any atom is 0.386 e. The van der Waals surface area contributed by atoms with E-state index in [0.29, 0.717) is 33.3 Å². The standard InChI is InChI=1S/C18H16ClN3O5/c1-11(2-9-17(23)24)26-13-4-6-14(7-5-13)27-18-20-15-8-3-12(19)10-16(15)22(25)21-18/h3-8,10-11H,2,9H2,1H3,(H,23,24). The van der Waals surface area contributed by atoms with Gasteiger partial charge in [0.15, 0.2) is 0 Å². The lowest BCUT2D eigenvalue weighted by atomic mass is 10.2. The molecular formula is C18H16ClN3O5. The molecule has 0 saturated carbocycles. The Labute approximate surface area is 159 Å². The molecule has 1 atom stereocenters. The lowest BCUT2D eigenvalue weighted by Crippen LogP contribution is -2.32. The molecule has 0 aliphatic carbocycles. The molecular weight excluding hydrogens is 374 g/mol. The van der Waals surface area contributed by atoms with Gasteiger partial charge in [-0.1, -0.05) is 11.6 Å². The second kappa shape index (κ2) is 8.05. The summed E-state index contributed by atoms with van der Waals surface area (Å²) in [6.07, 6.45) is 0.219. The molecule has 1 N–H and O–H groups in total. The largest absolute Gasteiger partial charge is 0.594 e. The number of nitrogens with zero attached hydrogens (tertiary/aromatic N) is 3. The van der Waals surface area contributed by atoms with Crippen LogP contribution >= 0.6 is 11.6 Å². The van der Waals surface area contributed by atoms with Crippen LogP contribution < -0.4 is 14.3 Å². The van der Waals surface area contributed by atoms with Gasteiger partial charge in [0.1, 0.15) is 17.0 Å². The Morgan fingerprint density at radius 3 is 2.67 bits per heavy atom. The number of hydrogen-bond acceptors (Lipinski definition) is 6. The van der Waals surface area contributed by atoms with Crippen LogP contribution in [0.15, 0.2) is 42.5 Å². The summed E-state index contributed by atoms with van der Waals surface area (Å²) in [5.41, 5.74) is 0.653. The van der Waals surface area contributed by atoms with E-state index in [9.17, 15) is 10.0 Å². The van der Waals surface area contributed by atoms with Gasteiger partial charge in [-0.05, 0) is 54.6 Å². The number of rotatable bonds is 7. The Kier molecular flexibility index (Phi) is 5.56. The number of benzene rings is 2. The van der Waals surface area contributed by atoms with Crippen molar-refractivity contribution in [3.8, 4) is 17.5 Å². The van der Waals surface area contributed by atoms with Crippen molar-refractivity contribution in [1.82, 2.24) is 10.1 Å². The Balaban J connectivity index is 1.68. The van der Waals surface area contributed by atoms with Crippen molar-refractivity contribution in [1.29, 1.82) is 0 Å². The summed E-state index contributed by atoms with van der Waals surface area (Å²) in [5, 5.41) is 24.8. The maximum absolute atomic E-state index is 12.0. The highest BCUT2D eigenvalue weighted by Crippen LogP contribution is 2.23. The van der Waals surface area contributed by atoms with Crippen LogP contribution in [0.3, 0.4) is 0 Å². The van der Waals surface area contributed by atoms with Crippen LogP contribution in [0.2, 0.25) is 5.02 Å². The molecule has 9 heteroatoms. The van der Waals surface area contributed by atoms with Gasteiger partial charge in [-0.3, -0.25) is 4.79 Å². The van der Waals surface area contributed by atoms with Gasteiger partial charge in [-0.15, -0.1) is 0 Å². The fourth-order valence-electron chi connectivity index (χ4n) is 2.35. The van der Waals surface area contributed by atoms with Crippen molar-refractivity contribution in [2.45, 2.75) is 25.9 Å². The number of aliphatic carboxylic acids is 1. The maximum atomic E-state index is 12.0. The zero-order valence-electron chi connectivity index (χ0n) is 14.3. The van der Waals surface area contributed by atoms with Crippen LogP contribution in [0.4, 0.5) is 0 Å². The summed E-state index contributed by atoms with van der Waals surface area (Å²) in [4.78, 5) is 15.2. The van der Waals surface area contributed by atoms with Gasteiger partial charge in [0.2, 0.25) is 0 Å². The number of carboxylic acid groups (broad SMARTS) is 1. The van der Waals surface area contributed by atoms with E-state index in [0.717, 1.165) is 0 Å². The molecule has 0 radical (unpaired) electrons. The van der Waals surface area contributed by atoms with Crippen LogP contribution in [0.1, 0.15) is 19.8 Å². The minimum absolute atomic E-state index is 0.0437. The molecule has 8 nitrogen and oxygen atoms in total. The Morgan fingerprint density at radius 2 is 1.96 bits per heavy atom. The summed E-state index contributed by atoms with van der Waals surface area (Å²) < 4.78 is 11.2. The second-order valence-corrected chi connectivity index (χ2v) is 6.27. The van der Waals surface area contributed by atoms with Gasteiger partial charge >= 0.3 is 12.0 Å². The third-order valence-electron chi connectivity index (χ3n) is 3.67. The lowest BCUT2D eigenvalue weighted by Gasteiger charge is -2.14. The highest BCUT2D eigenvalue weighted by atomic mass is 35.5. The van der Waals surface area contributed by atoms with E-state index in [2.05, 4.69) is 10.1 Å². The predicted octanol–water partition coefficient (Wildman–Crippen LogP) is 3.34. The lowest BCUT2D eigenvalue weighted by molar-refractivity contribution is -0.643.